The highest BCUT2D eigenvalue weighted by Crippen LogP contribution is 2.47. The molecule has 1 aromatic carbocycles. The molecule has 248 valence electrons. The maximum Gasteiger partial charge on any atom is 0.459 e. The molecule has 4 rings (SSSR count). The van der Waals surface area contributed by atoms with Crippen molar-refractivity contribution in [2.75, 3.05) is 18.9 Å². The van der Waals surface area contributed by atoms with E-state index >= 15 is 0 Å². The van der Waals surface area contributed by atoms with Gasteiger partial charge in [-0.1, -0.05) is 53.7 Å². The van der Waals surface area contributed by atoms with Crippen molar-refractivity contribution in [2.24, 2.45) is 5.41 Å². The van der Waals surface area contributed by atoms with Crippen molar-refractivity contribution in [1.82, 2.24) is 19.7 Å². The Hall–Kier alpha value is -3.06. The molecule has 1 aliphatic heterocycles. The summed E-state index contributed by atoms with van der Waals surface area (Å²) in [6, 6.07) is 9.32. The van der Waals surface area contributed by atoms with Crippen molar-refractivity contribution in [3.8, 4) is 5.75 Å². The van der Waals surface area contributed by atoms with Crippen LogP contribution in [-0.2, 0) is 34.4 Å². The van der Waals surface area contributed by atoms with E-state index < -0.39 is 50.3 Å². The molecule has 45 heavy (non-hydrogen) atoms. The normalized spacial score (nSPS) is 24.4. The van der Waals surface area contributed by atoms with Gasteiger partial charge >= 0.3 is 13.7 Å². The average molecular weight is 648 g/mol. The van der Waals surface area contributed by atoms with Crippen LogP contribution in [0.2, 0.25) is 0 Å². The molecule has 1 unspecified atom stereocenters. The van der Waals surface area contributed by atoms with Gasteiger partial charge in [0.1, 0.15) is 47.5 Å². The van der Waals surface area contributed by atoms with Gasteiger partial charge in [0.2, 0.25) is 0 Å². The molecule has 3 heterocycles. The third kappa shape index (κ3) is 7.67. The fraction of sp³-hybridized carbons (Fsp3) is 0.581. The molecule has 3 aromatic rings. The van der Waals surface area contributed by atoms with Gasteiger partial charge in [0.15, 0.2) is 5.82 Å². The fourth-order valence-corrected chi connectivity index (χ4v) is 6.36. The summed E-state index contributed by atoms with van der Waals surface area (Å²) >= 11 is 0. The number of rotatable bonds is 12. The van der Waals surface area contributed by atoms with Gasteiger partial charge in [-0.2, -0.15) is 10.2 Å². The van der Waals surface area contributed by atoms with Gasteiger partial charge in [0, 0.05) is 0 Å². The number of carbonyl (C=O) groups excluding carboxylic acids is 1. The second-order valence-electron chi connectivity index (χ2n) is 13.5. The van der Waals surface area contributed by atoms with Crippen LogP contribution >= 0.6 is 7.75 Å². The number of benzene rings is 1. The predicted octanol–water partition coefficient (Wildman–Crippen LogP) is 4.11. The minimum atomic E-state index is -4.29. The van der Waals surface area contributed by atoms with Crippen LogP contribution in [0.3, 0.4) is 0 Å². The third-order valence-corrected chi connectivity index (χ3v) is 9.92. The maximum absolute atomic E-state index is 14.2. The summed E-state index contributed by atoms with van der Waals surface area (Å²) in [5, 5.41) is 29.0. The van der Waals surface area contributed by atoms with Crippen molar-refractivity contribution in [1.29, 1.82) is 0 Å². The number of aliphatic hydroxyl groups excluding tert-OH is 2. The van der Waals surface area contributed by atoms with E-state index in [-0.39, 0.29) is 29.0 Å². The summed E-state index contributed by atoms with van der Waals surface area (Å²) in [5.74, 6) is -0.159. The van der Waals surface area contributed by atoms with Crippen molar-refractivity contribution in [3.63, 3.8) is 0 Å². The van der Waals surface area contributed by atoms with Crippen LogP contribution in [0, 0.1) is 5.41 Å². The number of fused-ring (bicyclic) bond motifs is 1. The minimum absolute atomic E-state index is 0.117. The Morgan fingerprint density at radius 3 is 2.47 bits per heavy atom. The van der Waals surface area contributed by atoms with E-state index in [0.29, 0.717) is 11.2 Å². The zero-order valence-corrected chi connectivity index (χ0v) is 28.1. The number of aromatic nitrogens is 3. The monoisotopic (exact) mass is 647 g/mol. The predicted molar refractivity (Wildman–Crippen MR) is 169 cm³/mol. The van der Waals surface area contributed by atoms with Crippen LogP contribution in [-0.4, -0.2) is 68.3 Å². The van der Waals surface area contributed by atoms with E-state index in [2.05, 4.69) is 35.9 Å². The number of nitrogen functional groups attached to an aromatic ring is 1. The first-order valence-electron chi connectivity index (χ1n) is 15.0. The molecule has 0 saturated carbocycles. The topological polar surface area (TPSA) is 180 Å². The van der Waals surface area contributed by atoms with Gasteiger partial charge in [-0.25, -0.2) is 14.1 Å². The highest BCUT2D eigenvalue weighted by molar-refractivity contribution is 7.52. The van der Waals surface area contributed by atoms with Crippen LogP contribution in [0.15, 0.2) is 42.7 Å². The highest BCUT2D eigenvalue weighted by atomic mass is 31.2. The van der Waals surface area contributed by atoms with Crippen LogP contribution < -0.4 is 15.3 Å². The molecule has 6 atom stereocenters. The summed E-state index contributed by atoms with van der Waals surface area (Å²) in [7, 11) is -4.29. The minimum Gasteiger partial charge on any atom is -0.464 e. The number of ether oxygens (including phenoxy) is 2. The molecule has 14 heteroatoms. The van der Waals surface area contributed by atoms with E-state index in [1.165, 1.54) is 17.8 Å². The first kappa shape index (κ1) is 34.8. The number of nitrogens with two attached hydrogens (primary N) is 1. The lowest BCUT2D eigenvalue weighted by Crippen LogP contribution is -2.40. The molecule has 5 N–H and O–H groups in total. The summed E-state index contributed by atoms with van der Waals surface area (Å²) in [4.78, 5) is 16.8. The summed E-state index contributed by atoms with van der Waals surface area (Å²) in [5.41, 5.74) is 6.14. The number of hydrogen-bond acceptors (Lipinski definition) is 11. The Morgan fingerprint density at radius 1 is 1.18 bits per heavy atom. The average Bonchev–Trinajstić information content (AvgIpc) is 3.51. The smallest absolute Gasteiger partial charge is 0.459 e. The van der Waals surface area contributed by atoms with Gasteiger partial charge in [0.05, 0.1) is 18.9 Å². The van der Waals surface area contributed by atoms with Crippen LogP contribution in [0.4, 0.5) is 5.82 Å². The Labute approximate surface area is 264 Å². The number of nitrogens with zero attached hydrogens (tertiary/aromatic N) is 3. The lowest BCUT2D eigenvalue weighted by molar-refractivity contribution is -0.148. The van der Waals surface area contributed by atoms with Crippen LogP contribution in [0.25, 0.3) is 5.52 Å². The van der Waals surface area contributed by atoms with Crippen LogP contribution in [0.1, 0.15) is 73.1 Å². The Morgan fingerprint density at radius 2 is 1.84 bits per heavy atom. The summed E-state index contributed by atoms with van der Waals surface area (Å²) in [6.45, 7) is 15.0. The molecular formula is C31H46N5O8P. The standard InChI is InChI=1S/C31H46N5O8P/c1-9-30(6,7)17-41-28(39)19(2)35-45(40,44-21-12-10-20(11-13-21)29(3,4)5)42-16-23-25(37)26(38)31(8,43-23)24-15-14-22-27(32)33-18-34-36(22)24/h10-15,18-19,23,25-26,37-38H,9,16-17H2,1-8H3,(H,35,40)(H2,32,33,34)/t19-,23+,25+,26+,31-,45?/m0/s1. The van der Waals surface area contributed by atoms with E-state index in [4.69, 9.17) is 24.3 Å². The maximum atomic E-state index is 14.2. The number of esters is 1. The second kappa shape index (κ2) is 13.0. The van der Waals surface area contributed by atoms with Gasteiger partial charge in [-0.15, -0.1) is 0 Å². The summed E-state index contributed by atoms with van der Waals surface area (Å²) < 4.78 is 39.0. The highest BCUT2D eigenvalue weighted by Gasteiger charge is 2.54. The van der Waals surface area contributed by atoms with Gasteiger partial charge in [-0.3, -0.25) is 9.32 Å². The molecule has 0 amide bonds. The van der Waals surface area contributed by atoms with Crippen LogP contribution in [0.5, 0.6) is 5.75 Å². The van der Waals surface area contributed by atoms with E-state index in [1.807, 2.05) is 32.9 Å². The molecule has 1 saturated heterocycles. The van der Waals surface area contributed by atoms with Crippen molar-refractivity contribution >= 4 is 25.1 Å². The molecule has 1 fully saturated rings. The van der Waals surface area contributed by atoms with Gasteiger partial charge in [-0.05, 0) is 60.9 Å². The van der Waals surface area contributed by atoms with Crippen molar-refractivity contribution in [2.45, 2.75) is 97.2 Å². The number of anilines is 1. The number of nitrogens with one attached hydrogen (secondary N) is 1. The molecule has 0 spiro atoms. The quantitative estimate of drug-likeness (QED) is 0.164. The van der Waals surface area contributed by atoms with E-state index in [1.54, 1.807) is 31.2 Å². The lowest BCUT2D eigenvalue weighted by atomic mass is 9.87. The van der Waals surface area contributed by atoms with E-state index in [9.17, 15) is 19.6 Å². The Bertz CT molecular complexity index is 1540. The van der Waals surface area contributed by atoms with Crippen molar-refractivity contribution < 1.29 is 38.1 Å². The van der Waals surface area contributed by atoms with Crippen molar-refractivity contribution in [3.05, 3.63) is 54.0 Å². The number of carbonyl (C=O) groups is 1. The molecule has 1 aliphatic rings. The van der Waals surface area contributed by atoms with Gasteiger partial charge < -0.3 is 29.9 Å². The number of hydrogen-bond donors (Lipinski definition) is 4. The largest absolute Gasteiger partial charge is 0.464 e. The SMILES string of the molecule is CCC(C)(C)COC(=O)[C@H](C)NP(=O)(OC[C@H]1O[C@@](C)(c2ccc3c(N)ncnn23)[C@H](O)[C@@H]1O)Oc1ccc(C(C)(C)C)cc1. The zero-order chi connectivity index (χ0) is 33.4. The zero-order valence-electron chi connectivity index (χ0n) is 27.2. The fourth-order valence-electron chi connectivity index (χ4n) is 4.86. The Balaban J connectivity index is 1.55. The van der Waals surface area contributed by atoms with E-state index in [0.717, 1.165) is 12.0 Å². The first-order chi connectivity index (χ1) is 20.9. The molecule has 2 aromatic heterocycles. The molecule has 0 radical (unpaired) electrons. The number of aliphatic hydroxyl groups is 2. The van der Waals surface area contributed by atoms with Gasteiger partial charge in [0.25, 0.3) is 0 Å². The molecule has 0 aliphatic carbocycles. The summed E-state index contributed by atoms with van der Waals surface area (Å²) in [6.07, 6.45) is -1.90. The molecule has 13 nitrogen and oxygen atoms in total. The second-order valence-corrected chi connectivity index (χ2v) is 15.2. The molecular weight excluding hydrogens is 601 g/mol. The first-order valence-corrected chi connectivity index (χ1v) is 16.6. The Kier molecular flexibility index (Phi) is 10.0. The third-order valence-electron chi connectivity index (χ3n) is 8.28. The lowest BCUT2D eigenvalue weighted by Gasteiger charge is -2.28. The molecule has 0 bridgehead atoms.